The number of para-hydroxylation sites is 2. The van der Waals surface area contributed by atoms with Crippen molar-refractivity contribution in [1.29, 1.82) is 0 Å². The Hall–Kier alpha value is -2.04. The van der Waals surface area contributed by atoms with Crippen LogP contribution in [-0.2, 0) is 9.59 Å². The van der Waals surface area contributed by atoms with E-state index in [4.69, 9.17) is 4.74 Å². The number of carbonyl (C=O) groups excluding carboxylic acids is 1. The number of carbonyl (C=O) groups is 2. The van der Waals surface area contributed by atoms with Crippen molar-refractivity contribution in [3.63, 3.8) is 0 Å². The lowest BCUT2D eigenvalue weighted by Gasteiger charge is -2.46. The Balaban J connectivity index is 2.67. The van der Waals surface area contributed by atoms with E-state index in [9.17, 15) is 14.7 Å². The summed E-state index contributed by atoms with van der Waals surface area (Å²) < 4.78 is 5.95. The van der Waals surface area contributed by atoms with Crippen LogP contribution < -0.4 is 9.64 Å². The molecule has 0 radical (unpaired) electrons. The molecule has 5 heteroatoms. The molecule has 1 aromatic carbocycles. The van der Waals surface area contributed by atoms with E-state index in [2.05, 4.69) is 0 Å². The molecule has 1 aliphatic rings. The summed E-state index contributed by atoms with van der Waals surface area (Å²) in [6.07, 6.45) is 0.978. The lowest BCUT2D eigenvalue weighted by molar-refractivity contribution is -0.148. The van der Waals surface area contributed by atoms with Crippen molar-refractivity contribution in [2.24, 2.45) is 0 Å². The molecule has 0 bridgehead atoms. The Morgan fingerprint density at radius 3 is 2.38 bits per heavy atom. The van der Waals surface area contributed by atoms with Gasteiger partial charge in [0.05, 0.1) is 5.69 Å². The molecule has 1 amide bonds. The Labute approximate surface area is 124 Å². The molecule has 21 heavy (non-hydrogen) atoms. The molecule has 1 aromatic rings. The summed E-state index contributed by atoms with van der Waals surface area (Å²) >= 11 is 0. The summed E-state index contributed by atoms with van der Waals surface area (Å²) in [4.78, 5) is 26.0. The van der Waals surface area contributed by atoms with Gasteiger partial charge in [-0.2, -0.15) is 0 Å². The topological polar surface area (TPSA) is 66.8 Å². The smallest absolute Gasteiger partial charge is 0.329 e. The quantitative estimate of drug-likeness (QED) is 0.926. The highest BCUT2D eigenvalue weighted by molar-refractivity contribution is 6.08. The van der Waals surface area contributed by atoms with Gasteiger partial charge in [-0.25, -0.2) is 4.79 Å². The average molecular weight is 291 g/mol. The van der Waals surface area contributed by atoms with Gasteiger partial charge in [-0.05, 0) is 38.8 Å². The molecule has 1 N–H and O–H groups in total. The molecule has 0 atom stereocenters. The van der Waals surface area contributed by atoms with E-state index >= 15 is 0 Å². The van der Waals surface area contributed by atoms with E-state index in [1.54, 1.807) is 18.2 Å². The molecule has 1 aliphatic heterocycles. The Kier molecular flexibility index (Phi) is 3.70. The molecule has 114 valence electrons. The average Bonchev–Trinajstić information content (AvgIpc) is 2.46. The van der Waals surface area contributed by atoms with Crippen molar-refractivity contribution >= 4 is 17.6 Å². The van der Waals surface area contributed by atoms with Crippen molar-refractivity contribution < 1.29 is 19.4 Å². The Morgan fingerprint density at radius 1 is 1.29 bits per heavy atom. The van der Waals surface area contributed by atoms with Crippen molar-refractivity contribution in [3.8, 4) is 5.75 Å². The van der Waals surface area contributed by atoms with Gasteiger partial charge >= 0.3 is 5.97 Å². The van der Waals surface area contributed by atoms with E-state index in [1.807, 2.05) is 19.9 Å². The van der Waals surface area contributed by atoms with Crippen LogP contribution in [0.5, 0.6) is 5.75 Å². The van der Waals surface area contributed by atoms with Crippen molar-refractivity contribution in [2.45, 2.75) is 51.7 Å². The predicted molar refractivity (Wildman–Crippen MR) is 79.6 cm³/mol. The number of carboxylic acid groups (broad SMARTS) is 1. The van der Waals surface area contributed by atoms with Gasteiger partial charge in [-0.15, -0.1) is 0 Å². The number of amides is 1. The van der Waals surface area contributed by atoms with Gasteiger partial charge in [-0.3, -0.25) is 9.69 Å². The minimum absolute atomic E-state index is 0.293. The summed E-state index contributed by atoms with van der Waals surface area (Å²) in [7, 11) is 0. The van der Waals surface area contributed by atoms with E-state index < -0.39 is 17.1 Å². The van der Waals surface area contributed by atoms with Crippen LogP contribution in [0.3, 0.4) is 0 Å². The molecular weight excluding hydrogens is 270 g/mol. The van der Waals surface area contributed by atoms with Crippen molar-refractivity contribution in [1.82, 2.24) is 0 Å². The summed E-state index contributed by atoms with van der Waals surface area (Å²) in [6.45, 7) is 6.82. The molecule has 0 saturated heterocycles. The predicted octanol–water partition coefficient (Wildman–Crippen LogP) is 2.83. The van der Waals surface area contributed by atoms with Crippen LogP contribution in [0.2, 0.25) is 0 Å². The number of carboxylic acids is 1. The summed E-state index contributed by atoms with van der Waals surface area (Å²) in [5.41, 5.74) is -1.83. The number of rotatable bonds is 4. The first-order valence-corrected chi connectivity index (χ1v) is 7.16. The number of hydrogen-bond donors (Lipinski definition) is 1. The molecule has 0 aliphatic carbocycles. The van der Waals surface area contributed by atoms with Gasteiger partial charge in [0.2, 0.25) is 0 Å². The van der Waals surface area contributed by atoms with E-state index in [0.29, 0.717) is 24.3 Å². The number of hydrogen-bond acceptors (Lipinski definition) is 3. The van der Waals surface area contributed by atoms with E-state index in [-0.39, 0.29) is 5.91 Å². The van der Waals surface area contributed by atoms with Crippen LogP contribution in [0.15, 0.2) is 24.3 Å². The Morgan fingerprint density at radius 2 is 1.86 bits per heavy atom. The molecule has 0 saturated carbocycles. The van der Waals surface area contributed by atoms with Crippen LogP contribution in [-0.4, -0.2) is 28.1 Å². The zero-order chi connectivity index (χ0) is 15.8. The SMILES string of the molecule is CCC1(CC)Oc2ccccc2N(C(C)(C)C(=O)O)C1=O. The standard InChI is InChI=1S/C16H21NO4/c1-5-16(6-2)13(18)17(15(3,4)14(19)20)11-9-7-8-10-12(11)21-16/h7-10H,5-6H2,1-4H3,(H,19,20). The number of anilines is 1. The minimum atomic E-state index is -1.34. The highest BCUT2D eigenvalue weighted by atomic mass is 16.5. The maximum Gasteiger partial charge on any atom is 0.329 e. The fourth-order valence-electron chi connectivity index (χ4n) is 2.64. The molecule has 0 aromatic heterocycles. The third-order valence-corrected chi connectivity index (χ3v) is 4.23. The van der Waals surface area contributed by atoms with Crippen LogP contribution >= 0.6 is 0 Å². The zero-order valence-electron chi connectivity index (χ0n) is 12.8. The number of nitrogens with zero attached hydrogens (tertiary/aromatic N) is 1. The third-order valence-electron chi connectivity index (χ3n) is 4.23. The highest BCUT2D eigenvalue weighted by Crippen LogP contribution is 2.43. The maximum atomic E-state index is 13.0. The second-order valence-corrected chi connectivity index (χ2v) is 5.78. The second kappa shape index (κ2) is 5.06. The van der Waals surface area contributed by atoms with Gasteiger partial charge in [0.25, 0.3) is 5.91 Å². The monoisotopic (exact) mass is 291 g/mol. The van der Waals surface area contributed by atoms with Gasteiger partial charge < -0.3 is 9.84 Å². The lowest BCUT2D eigenvalue weighted by atomic mass is 9.89. The van der Waals surface area contributed by atoms with E-state index in [0.717, 1.165) is 0 Å². The highest BCUT2D eigenvalue weighted by Gasteiger charge is 2.52. The Bertz CT molecular complexity index is 575. The van der Waals surface area contributed by atoms with Gasteiger partial charge in [0.1, 0.15) is 11.3 Å². The summed E-state index contributed by atoms with van der Waals surface area (Å²) in [5, 5.41) is 9.52. The molecule has 5 nitrogen and oxygen atoms in total. The first-order chi connectivity index (χ1) is 9.80. The normalized spacial score (nSPS) is 17.1. The molecule has 0 fully saturated rings. The summed E-state index contributed by atoms with van der Waals surface area (Å²) in [5.74, 6) is -0.789. The maximum absolute atomic E-state index is 13.0. The van der Waals surface area contributed by atoms with Crippen LogP contribution in [0.4, 0.5) is 5.69 Å². The van der Waals surface area contributed by atoms with Crippen molar-refractivity contribution in [3.05, 3.63) is 24.3 Å². The van der Waals surface area contributed by atoms with Gasteiger partial charge in [0, 0.05) is 0 Å². The fourth-order valence-corrected chi connectivity index (χ4v) is 2.64. The number of fused-ring (bicyclic) bond motifs is 1. The fraction of sp³-hybridized carbons (Fsp3) is 0.500. The van der Waals surface area contributed by atoms with Gasteiger partial charge in [-0.1, -0.05) is 26.0 Å². The summed E-state index contributed by atoms with van der Waals surface area (Å²) in [6, 6.07) is 7.07. The molecule has 0 unspecified atom stereocenters. The first-order valence-electron chi connectivity index (χ1n) is 7.16. The number of benzene rings is 1. The molecular formula is C16H21NO4. The van der Waals surface area contributed by atoms with Crippen LogP contribution in [0.25, 0.3) is 0 Å². The largest absolute Gasteiger partial charge is 0.480 e. The second-order valence-electron chi connectivity index (χ2n) is 5.78. The van der Waals surface area contributed by atoms with Crippen molar-refractivity contribution in [2.75, 3.05) is 4.90 Å². The lowest BCUT2D eigenvalue weighted by Crippen LogP contribution is -2.64. The molecule has 0 spiro atoms. The van der Waals surface area contributed by atoms with Crippen LogP contribution in [0, 0.1) is 0 Å². The minimum Gasteiger partial charge on any atom is -0.480 e. The zero-order valence-corrected chi connectivity index (χ0v) is 12.8. The number of ether oxygens (including phenoxy) is 1. The number of aliphatic carboxylic acids is 1. The van der Waals surface area contributed by atoms with Gasteiger partial charge in [0.15, 0.2) is 5.60 Å². The van der Waals surface area contributed by atoms with E-state index in [1.165, 1.54) is 18.7 Å². The van der Waals surface area contributed by atoms with Crippen LogP contribution in [0.1, 0.15) is 40.5 Å². The first kappa shape index (κ1) is 15.4. The molecule has 1 heterocycles. The molecule has 2 rings (SSSR count). The third kappa shape index (κ3) is 2.17.